The van der Waals surface area contributed by atoms with Gasteiger partial charge in [-0.05, 0) is 47.5 Å². The number of rotatable bonds is 3. The maximum absolute atomic E-state index is 12.2. The van der Waals surface area contributed by atoms with E-state index in [0.717, 1.165) is 16.3 Å². The van der Waals surface area contributed by atoms with Crippen molar-refractivity contribution in [3.05, 3.63) is 77.3 Å². The van der Waals surface area contributed by atoms with E-state index in [-0.39, 0.29) is 12.1 Å². The topological polar surface area (TPSA) is 41.1 Å². The van der Waals surface area contributed by atoms with E-state index in [9.17, 15) is 4.79 Å². The Bertz CT molecular complexity index is 825. The first-order valence-electron chi connectivity index (χ1n) is 7.44. The summed E-state index contributed by atoms with van der Waals surface area (Å²) in [5.74, 6) is 0. The number of fused-ring (bicyclic) bond motifs is 1. The fourth-order valence-corrected chi connectivity index (χ4v) is 2.73. The highest BCUT2D eigenvalue weighted by atomic mass is 35.5. The number of anilines is 1. The Labute approximate surface area is 140 Å². The van der Waals surface area contributed by atoms with E-state index >= 15 is 0 Å². The van der Waals surface area contributed by atoms with Gasteiger partial charge in [0.1, 0.15) is 0 Å². The first-order valence-corrected chi connectivity index (χ1v) is 7.82. The molecule has 3 rings (SSSR count). The van der Waals surface area contributed by atoms with Crippen LogP contribution in [0.4, 0.5) is 10.5 Å². The fraction of sp³-hybridized carbons (Fsp3) is 0.105. The van der Waals surface area contributed by atoms with Crippen molar-refractivity contribution >= 4 is 34.1 Å². The van der Waals surface area contributed by atoms with Gasteiger partial charge < -0.3 is 10.6 Å². The Morgan fingerprint density at radius 3 is 2.43 bits per heavy atom. The van der Waals surface area contributed by atoms with Crippen LogP contribution >= 0.6 is 11.6 Å². The quantitative estimate of drug-likeness (QED) is 0.667. The molecule has 2 N–H and O–H groups in total. The van der Waals surface area contributed by atoms with Crippen molar-refractivity contribution in [2.45, 2.75) is 13.0 Å². The number of urea groups is 1. The molecule has 0 spiro atoms. The molecule has 4 heteroatoms. The third-order valence-electron chi connectivity index (χ3n) is 3.74. The highest BCUT2D eigenvalue weighted by Gasteiger charge is 2.12. The summed E-state index contributed by atoms with van der Waals surface area (Å²) in [4.78, 5) is 12.2. The zero-order valence-corrected chi connectivity index (χ0v) is 13.5. The molecule has 3 nitrogen and oxygen atoms in total. The van der Waals surface area contributed by atoms with Gasteiger partial charge in [0.25, 0.3) is 0 Å². The first-order chi connectivity index (χ1) is 11.1. The summed E-state index contributed by atoms with van der Waals surface area (Å²) in [5.41, 5.74) is 1.80. The zero-order chi connectivity index (χ0) is 16.2. The largest absolute Gasteiger partial charge is 0.331 e. The first kappa shape index (κ1) is 15.4. The van der Waals surface area contributed by atoms with Gasteiger partial charge in [0, 0.05) is 10.7 Å². The van der Waals surface area contributed by atoms with Crippen LogP contribution in [0.15, 0.2) is 66.7 Å². The second kappa shape index (κ2) is 6.71. The van der Waals surface area contributed by atoms with E-state index in [4.69, 9.17) is 11.6 Å². The molecule has 23 heavy (non-hydrogen) atoms. The lowest BCUT2D eigenvalue weighted by Gasteiger charge is -2.17. The highest BCUT2D eigenvalue weighted by molar-refractivity contribution is 6.30. The SMILES string of the molecule is C[C@@H](NC(=O)Nc1ccc(Cl)cc1)c1cccc2ccccc12. The number of hydrogen-bond donors (Lipinski definition) is 2. The Morgan fingerprint density at radius 1 is 0.957 bits per heavy atom. The van der Waals surface area contributed by atoms with Crippen molar-refractivity contribution in [1.29, 1.82) is 0 Å². The summed E-state index contributed by atoms with van der Waals surface area (Å²) < 4.78 is 0. The predicted octanol–water partition coefficient (Wildman–Crippen LogP) is 5.38. The van der Waals surface area contributed by atoms with Crippen molar-refractivity contribution in [3.8, 4) is 0 Å². The van der Waals surface area contributed by atoms with Gasteiger partial charge in [0.2, 0.25) is 0 Å². The Balaban J connectivity index is 1.74. The monoisotopic (exact) mass is 324 g/mol. The van der Waals surface area contributed by atoms with Crippen molar-refractivity contribution in [2.75, 3.05) is 5.32 Å². The molecule has 0 unspecified atom stereocenters. The van der Waals surface area contributed by atoms with Gasteiger partial charge in [-0.3, -0.25) is 0 Å². The van der Waals surface area contributed by atoms with Crippen LogP contribution in [-0.2, 0) is 0 Å². The minimum Gasteiger partial charge on any atom is -0.331 e. The van der Waals surface area contributed by atoms with Crippen LogP contribution < -0.4 is 10.6 Å². The highest BCUT2D eigenvalue weighted by Crippen LogP contribution is 2.24. The van der Waals surface area contributed by atoms with Crippen LogP contribution in [0, 0.1) is 0 Å². The lowest BCUT2D eigenvalue weighted by atomic mass is 10.00. The van der Waals surface area contributed by atoms with E-state index in [1.54, 1.807) is 24.3 Å². The third-order valence-corrected chi connectivity index (χ3v) is 3.99. The lowest BCUT2D eigenvalue weighted by molar-refractivity contribution is 0.249. The molecule has 0 aliphatic carbocycles. The van der Waals surface area contributed by atoms with Gasteiger partial charge in [0.15, 0.2) is 0 Å². The maximum Gasteiger partial charge on any atom is 0.319 e. The van der Waals surface area contributed by atoms with Gasteiger partial charge in [-0.15, -0.1) is 0 Å². The van der Waals surface area contributed by atoms with Crippen LogP contribution in [0.5, 0.6) is 0 Å². The number of carbonyl (C=O) groups is 1. The normalized spacial score (nSPS) is 11.9. The molecule has 3 aromatic rings. The molecule has 0 aliphatic rings. The molecule has 0 radical (unpaired) electrons. The van der Waals surface area contributed by atoms with Crippen molar-refractivity contribution < 1.29 is 4.79 Å². The van der Waals surface area contributed by atoms with Gasteiger partial charge in [-0.1, -0.05) is 54.1 Å². The molecule has 0 saturated heterocycles. The molecule has 116 valence electrons. The summed E-state index contributed by atoms with van der Waals surface area (Å²) in [7, 11) is 0. The van der Waals surface area contributed by atoms with Crippen LogP contribution in [0.25, 0.3) is 10.8 Å². The van der Waals surface area contributed by atoms with E-state index in [2.05, 4.69) is 28.8 Å². The number of hydrogen-bond acceptors (Lipinski definition) is 1. The number of halogens is 1. The summed E-state index contributed by atoms with van der Waals surface area (Å²) in [6, 6.07) is 20.9. The smallest absolute Gasteiger partial charge is 0.319 e. The van der Waals surface area contributed by atoms with Gasteiger partial charge in [0.05, 0.1) is 6.04 Å². The fourth-order valence-electron chi connectivity index (χ4n) is 2.60. The molecule has 2 amide bonds. The van der Waals surface area contributed by atoms with E-state index in [1.165, 1.54) is 0 Å². The average Bonchev–Trinajstić information content (AvgIpc) is 2.56. The van der Waals surface area contributed by atoms with Crippen molar-refractivity contribution in [3.63, 3.8) is 0 Å². The van der Waals surface area contributed by atoms with E-state index in [0.29, 0.717) is 10.7 Å². The van der Waals surface area contributed by atoms with E-state index in [1.807, 2.05) is 31.2 Å². The van der Waals surface area contributed by atoms with Crippen molar-refractivity contribution in [1.82, 2.24) is 5.32 Å². The summed E-state index contributed by atoms with van der Waals surface area (Å²) in [6.45, 7) is 1.98. The minimum atomic E-state index is -0.243. The molecule has 1 atom stereocenters. The molecule has 0 aliphatic heterocycles. The molecule has 0 aromatic heterocycles. The number of benzene rings is 3. The molecule has 0 saturated carbocycles. The number of amides is 2. The van der Waals surface area contributed by atoms with Crippen LogP contribution in [-0.4, -0.2) is 6.03 Å². The molecule has 0 fully saturated rings. The number of carbonyl (C=O) groups excluding carboxylic acids is 1. The lowest BCUT2D eigenvalue weighted by Crippen LogP contribution is -2.31. The second-order valence-corrected chi connectivity index (χ2v) is 5.83. The summed E-state index contributed by atoms with van der Waals surface area (Å²) in [6.07, 6.45) is 0. The zero-order valence-electron chi connectivity index (χ0n) is 12.7. The molecular weight excluding hydrogens is 308 g/mol. The van der Waals surface area contributed by atoms with Crippen molar-refractivity contribution in [2.24, 2.45) is 0 Å². The standard InChI is InChI=1S/C19H17ClN2O/c1-13(17-8-4-6-14-5-2-3-7-18(14)17)21-19(23)22-16-11-9-15(20)10-12-16/h2-13H,1H3,(H2,21,22,23)/t13-/m1/s1. The predicted molar refractivity (Wildman–Crippen MR) is 96.0 cm³/mol. The van der Waals surface area contributed by atoms with Gasteiger partial charge in [-0.2, -0.15) is 0 Å². The minimum absolute atomic E-state index is 0.103. The van der Waals surface area contributed by atoms with Crippen LogP contribution in [0.3, 0.4) is 0 Å². The Kier molecular flexibility index (Phi) is 4.49. The molecule has 3 aromatic carbocycles. The molecular formula is C19H17ClN2O. The van der Waals surface area contributed by atoms with Gasteiger partial charge >= 0.3 is 6.03 Å². The third kappa shape index (κ3) is 3.63. The van der Waals surface area contributed by atoms with Crippen LogP contribution in [0.2, 0.25) is 5.02 Å². The number of nitrogens with one attached hydrogen (secondary N) is 2. The summed E-state index contributed by atoms with van der Waals surface area (Å²) in [5, 5.41) is 8.73. The van der Waals surface area contributed by atoms with E-state index < -0.39 is 0 Å². The summed E-state index contributed by atoms with van der Waals surface area (Å²) >= 11 is 5.84. The maximum atomic E-state index is 12.2. The van der Waals surface area contributed by atoms with Gasteiger partial charge in [-0.25, -0.2) is 4.79 Å². The second-order valence-electron chi connectivity index (χ2n) is 5.40. The average molecular weight is 325 g/mol. The van der Waals surface area contributed by atoms with Crippen LogP contribution in [0.1, 0.15) is 18.5 Å². The Hall–Kier alpha value is -2.52. The molecule has 0 heterocycles. The molecule has 0 bridgehead atoms. The Morgan fingerprint density at radius 2 is 1.65 bits per heavy atom.